The molecule has 140 valence electrons. The van der Waals surface area contributed by atoms with Crippen LogP contribution < -0.4 is 14.2 Å². The summed E-state index contributed by atoms with van der Waals surface area (Å²) >= 11 is 1.46. The van der Waals surface area contributed by atoms with Gasteiger partial charge in [0.1, 0.15) is 17.4 Å². The lowest BCUT2D eigenvalue weighted by atomic mass is 10.2. The molecule has 1 unspecified atom stereocenters. The van der Waals surface area contributed by atoms with E-state index in [4.69, 9.17) is 14.2 Å². The quantitative estimate of drug-likeness (QED) is 0.525. The average molecular weight is 392 g/mol. The van der Waals surface area contributed by atoms with E-state index >= 15 is 0 Å². The molecule has 1 atom stereocenters. The summed E-state index contributed by atoms with van der Waals surface area (Å²) < 4.78 is 18.7. The Morgan fingerprint density at radius 1 is 1.07 bits per heavy atom. The zero-order chi connectivity index (χ0) is 18.9. The largest absolute Gasteiger partial charge is 0.497 e. The number of hydrogen-bond acceptors (Lipinski definition) is 7. The lowest BCUT2D eigenvalue weighted by molar-refractivity contribution is 0.0836. The number of hydrogen-bond donors (Lipinski definition) is 0. The first kappa shape index (κ1) is 16.8. The number of nitrogens with zero attached hydrogens (tertiary/aromatic N) is 4. The van der Waals surface area contributed by atoms with Gasteiger partial charge in [0.2, 0.25) is 4.96 Å². The molecule has 0 saturated carbocycles. The van der Waals surface area contributed by atoms with E-state index in [9.17, 15) is 0 Å². The van der Waals surface area contributed by atoms with Crippen molar-refractivity contribution >= 4 is 28.4 Å². The summed E-state index contributed by atoms with van der Waals surface area (Å²) in [5.41, 5.74) is 1.06. The fraction of sp³-hybridized carbons (Fsp3) is 0.150. The summed E-state index contributed by atoms with van der Waals surface area (Å²) in [5.74, 6) is 2.90. The van der Waals surface area contributed by atoms with Crippen LogP contribution in [0.25, 0.3) is 17.1 Å². The van der Waals surface area contributed by atoms with Crippen LogP contribution in [-0.4, -0.2) is 33.5 Å². The molecule has 0 amide bonds. The maximum absolute atomic E-state index is 6.03. The summed E-state index contributed by atoms with van der Waals surface area (Å²) in [5, 5.41) is 13.9. The molecule has 2 aromatic heterocycles. The van der Waals surface area contributed by atoms with Crippen molar-refractivity contribution in [1.29, 1.82) is 0 Å². The number of para-hydroxylation sites is 2. The minimum Gasteiger partial charge on any atom is -0.497 e. The first-order chi connectivity index (χ1) is 13.8. The molecule has 3 heterocycles. The molecule has 0 spiro atoms. The van der Waals surface area contributed by atoms with Crippen LogP contribution in [0.1, 0.15) is 22.5 Å². The zero-order valence-electron chi connectivity index (χ0n) is 15.0. The van der Waals surface area contributed by atoms with Crippen LogP contribution in [0.5, 0.6) is 17.2 Å². The number of rotatable bonds is 4. The highest BCUT2D eigenvalue weighted by Gasteiger charge is 2.27. The lowest BCUT2D eigenvalue weighted by Gasteiger charge is -2.24. The van der Waals surface area contributed by atoms with Crippen LogP contribution in [0.2, 0.25) is 0 Å². The van der Waals surface area contributed by atoms with E-state index in [1.165, 1.54) is 11.3 Å². The maximum atomic E-state index is 6.03. The third-order valence-electron chi connectivity index (χ3n) is 4.36. The van der Waals surface area contributed by atoms with Crippen molar-refractivity contribution in [2.24, 2.45) is 0 Å². The van der Waals surface area contributed by atoms with E-state index in [0.29, 0.717) is 23.1 Å². The minimum absolute atomic E-state index is 0.356. The average Bonchev–Trinajstić information content (AvgIpc) is 3.32. The molecule has 0 fully saturated rings. The normalized spacial score (nSPS) is 16.0. The third kappa shape index (κ3) is 3.07. The first-order valence-electron chi connectivity index (χ1n) is 8.73. The molecule has 8 heteroatoms. The van der Waals surface area contributed by atoms with Crippen LogP contribution >= 0.6 is 11.3 Å². The minimum atomic E-state index is -0.356. The van der Waals surface area contributed by atoms with Crippen molar-refractivity contribution in [2.75, 3.05) is 13.7 Å². The fourth-order valence-corrected chi connectivity index (χ4v) is 3.69. The highest BCUT2D eigenvalue weighted by atomic mass is 32.1. The fourth-order valence-electron chi connectivity index (χ4n) is 2.94. The first-order valence-corrected chi connectivity index (χ1v) is 9.54. The molecule has 0 bridgehead atoms. The van der Waals surface area contributed by atoms with Gasteiger partial charge in [-0.2, -0.15) is 9.61 Å². The Morgan fingerprint density at radius 2 is 1.89 bits per heavy atom. The smallest absolute Gasteiger partial charge is 0.235 e. The standard InChI is InChI=1S/C20H16N4O3S/c1-25-14-9-6-13(7-10-14)8-11-18-23-24-19(21-22-20(24)28-18)17-12-26-15-4-2-3-5-16(15)27-17/h2-11,17H,12H2,1H3. The Balaban J connectivity index is 1.39. The van der Waals surface area contributed by atoms with E-state index in [0.717, 1.165) is 22.1 Å². The number of fused-ring (bicyclic) bond motifs is 2. The predicted molar refractivity (Wildman–Crippen MR) is 106 cm³/mol. The van der Waals surface area contributed by atoms with Crippen LogP contribution in [0.15, 0.2) is 48.5 Å². The molecule has 28 heavy (non-hydrogen) atoms. The molecular weight excluding hydrogens is 376 g/mol. The molecule has 7 nitrogen and oxygen atoms in total. The summed E-state index contributed by atoms with van der Waals surface area (Å²) in [6, 6.07) is 15.4. The van der Waals surface area contributed by atoms with Gasteiger partial charge in [-0.05, 0) is 35.9 Å². The molecule has 1 aliphatic heterocycles. The second kappa shape index (κ2) is 6.97. The maximum Gasteiger partial charge on any atom is 0.235 e. The summed E-state index contributed by atoms with van der Waals surface area (Å²) in [6.07, 6.45) is 3.60. The number of ether oxygens (including phenoxy) is 3. The molecular formula is C20H16N4O3S. The Labute approximate surface area is 164 Å². The van der Waals surface area contributed by atoms with Gasteiger partial charge >= 0.3 is 0 Å². The monoisotopic (exact) mass is 392 g/mol. The molecule has 5 rings (SSSR count). The van der Waals surface area contributed by atoms with Gasteiger partial charge in [0.05, 0.1) is 7.11 Å². The Hall–Kier alpha value is -3.39. The van der Waals surface area contributed by atoms with Crippen molar-refractivity contribution in [3.8, 4) is 17.2 Å². The van der Waals surface area contributed by atoms with Gasteiger partial charge in [0, 0.05) is 0 Å². The second-order valence-electron chi connectivity index (χ2n) is 6.16. The van der Waals surface area contributed by atoms with Crippen molar-refractivity contribution in [1.82, 2.24) is 19.8 Å². The second-order valence-corrected chi connectivity index (χ2v) is 7.15. The van der Waals surface area contributed by atoms with Gasteiger partial charge in [-0.3, -0.25) is 0 Å². The summed E-state index contributed by atoms with van der Waals surface area (Å²) in [4.78, 5) is 0.715. The van der Waals surface area contributed by atoms with Gasteiger partial charge in [0.15, 0.2) is 23.4 Å². The predicted octanol–water partition coefficient (Wildman–Crippen LogP) is 3.88. The van der Waals surface area contributed by atoms with Crippen LogP contribution in [0.4, 0.5) is 0 Å². The molecule has 0 aliphatic carbocycles. The number of benzene rings is 2. The summed E-state index contributed by atoms with van der Waals surface area (Å²) in [7, 11) is 1.65. The molecule has 0 radical (unpaired) electrons. The lowest BCUT2D eigenvalue weighted by Crippen LogP contribution is -2.23. The molecule has 0 saturated heterocycles. The van der Waals surface area contributed by atoms with Crippen LogP contribution in [-0.2, 0) is 0 Å². The Bertz CT molecular complexity index is 1150. The van der Waals surface area contributed by atoms with Crippen molar-refractivity contribution in [3.05, 3.63) is 64.9 Å². The van der Waals surface area contributed by atoms with E-state index < -0.39 is 0 Å². The third-order valence-corrected chi connectivity index (χ3v) is 5.23. The van der Waals surface area contributed by atoms with Gasteiger partial charge < -0.3 is 14.2 Å². The zero-order valence-corrected chi connectivity index (χ0v) is 15.8. The van der Waals surface area contributed by atoms with E-state index in [1.54, 1.807) is 11.6 Å². The highest BCUT2D eigenvalue weighted by Crippen LogP contribution is 2.35. The van der Waals surface area contributed by atoms with E-state index in [2.05, 4.69) is 15.3 Å². The van der Waals surface area contributed by atoms with Crippen molar-refractivity contribution in [2.45, 2.75) is 6.10 Å². The topological polar surface area (TPSA) is 70.8 Å². The molecule has 2 aromatic carbocycles. The van der Waals surface area contributed by atoms with Crippen LogP contribution in [0.3, 0.4) is 0 Å². The van der Waals surface area contributed by atoms with Gasteiger partial charge in [0.25, 0.3) is 0 Å². The van der Waals surface area contributed by atoms with Gasteiger partial charge in [-0.25, -0.2) is 0 Å². The van der Waals surface area contributed by atoms with Crippen molar-refractivity contribution in [3.63, 3.8) is 0 Å². The Kier molecular flexibility index (Phi) is 4.17. The highest BCUT2D eigenvalue weighted by molar-refractivity contribution is 7.17. The van der Waals surface area contributed by atoms with Gasteiger partial charge in [-0.15, -0.1) is 10.2 Å². The van der Waals surface area contributed by atoms with E-state index in [1.807, 2.05) is 60.7 Å². The number of methoxy groups -OCH3 is 1. The van der Waals surface area contributed by atoms with E-state index in [-0.39, 0.29) is 6.10 Å². The summed E-state index contributed by atoms with van der Waals surface area (Å²) in [6.45, 7) is 0.367. The molecule has 0 N–H and O–H groups in total. The van der Waals surface area contributed by atoms with Crippen LogP contribution in [0, 0.1) is 0 Å². The van der Waals surface area contributed by atoms with Gasteiger partial charge in [-0.1, -0.05) is 41.7 Å². The number of aromatic nitrogens is 4. The van der Waals surface area contributed by atoms with Crippen molar-refractivity contribution < 1.29 is 14.2 Å². The SMILES string of the molecule is COc1ccc(C=Cc2nn3c(C4COc5ccccc5O4)nnc3s2)cc1. The Morgan fingerprint density at radius 3 is 2.71 bits per heavy atom. The molecule has 1 aliphatic rings. The molecule has 4 aromatic rings.